The molecule has 1 aromatic carbocycles. The third-order valence-corrected chi connectivity index (χ3v) is 2.95. The average Bonchev–Trinajstić information content (AvgIpc) is 2.21. The zero-order chi connectivity index (χ0) is 13.2. The molecular weight excluding hydrogens is 220 g/mol. The fourth-order valence-electron chi connectivity index (χ4n) is 1.80. The molecule has 0 saturated heterocycles. The molecule has 2 atom stereocenters. The second-order valence-corrected chi connectivity index (χ2v) is 4.28. The van der Waals surface area contributed by atoms with Crippen molar-refractivity contribution in [1.29, 1.82) is 0 Å². The predicted octanol–water partition coefficient (Wildman–Crippen LogP) is 2.46. The van der Waals surface area contributed by atoms with Gasteiger partial charge in [-0.2, -0.15) is 0 Å². The molecule has 2 N–H and O–H groups in total. The Morgan fingerprint density at radius 3 is 2.41 bits per heavy atom. The van der Waals surface area contributed by atoms with Gasteiger partial charge in [0.15, 0.2) is 0 Å². The van der Waals surface area contributed by atoms with E-state index in [0.717, 1.165) is 5.56 Å². The Morgan fingerprint density at radius 1 is 1.29 bits per heavy atom. The van der Waals surface area contributed by atoms with Gasteiger partial charge in [-0.05, 0) is 31.0 Å². The lowest BCUT2D eigenvalue weighted by molar-refractivity contribution is -0.146. The second kappa shape index (κ2) is 5.08. The Labute approximate surface area is 101 Å². The molecule has 1 aromatic rings. The second-order valence-electron chi connectivity index (χ2n) is 4.28. The molecule has 0 saturated carbocycles. The minimum Gasteiger partial charge on any atom is -0.508 e. The molecule has 94 valence electrons. The lowest BCUT2D eigenvalue weighted by Crippen LogP contribution is -2.19. The maximum absolute atomic E-state index is 10.9. The molecule has 0 amide bonds. The molecule has 0 unspecified atom stereocenters. The van der Waals surface area contributed by atoms with Gasteiger partial charge in [0, 0.05) is 18.9 Å². The van der Waals surface area contributed by atoms with Crippen molar-refractivity contribution in [3.8, 4) is 11.5 Å². The van der Waals surface area contributed by atoms with Gasteiger partial charge >= 0.3 is 5.97 Å². The summed E-state index contributed by atoms with van der Waals surface area (Å²) < 4.78 is 5.10. The minimum atomic E-state index is -0.341. The van der Waals surface area contributed by atoms with Crippen molar-refractivity contribution >= 4 is 5.97 Å². The SMILES string of the molecule is CC(=O)O[C@H](C)[C@@H](C)c1cc(O)cc(O)c1C. The van der Waals surface area contributed by atoms with E-state index in [1.807, 2.05) is 6.92 Å². The van der Waals surface area contributed by atoms with Crippen molar-refractivity contribution in [2.45, 2.75) is 39.7 Å². The van der Waals surface area contributed by atoms with Gasteiger partial charge < -0.3 is 14.9 Å². The van der Waals surface area contributed by atoms with Gasteiger partial charge in [-0.25, -0.2) is 0 Å². The van der Waals surface area contributed by atoms with Crippen LogP contribution < -0.4 is 0 Å². The van der Waals surface area contributed by atoms with Gasteiger partial charge in [0.25, 0.3) is 0 Å². The van der Waals surface area contributed by atoms with Crippen molar-refractivity contribution in [3.63, 3.8) is 0 Å². The molecule has 0 heterocycles. The van der Waals surface area contributed by atoms with Crippen LogP contribution in [0.15, 0.2) is 12.1 Å². The first-order valence-electron chi connectivity index (χ1n) is 5.52. The minimum absolute atomic E-state index is 0.00461. The fourth-order valence-corrected chi connectivity index (χ4v) is 1.80. The van der Waals surface area contributed by atoms with E-state index < -0.39 is 0 Å². The number of aromatic hydroxyl groups is 2. The van der Waals surface area contributed by atoms with Gasteiger partial charge in [-0.1, -0.05) is 6.92 Å². The van der Waals surface area contributed by atoms with Crippen LogP contribution in [0.1, 0.15) is 37.8 Å². The normalized spacial score (nSPS) is 14.1. The summed E-state index contributed by atoms with van der Waals surface area (Å²) in [5.41, 5.74) is 1.46. The van der Waals surface area contributed by atoms with Crippen LogP contribution in [0, 0.1) is 6.92 Å². The Morgan fingerprint density at radius 2 is 1.88 bits per heavy atom. The standard InChI is InChI=1S/C13H18O4/c1-7(9(3)17-10(4)14)12-5-11(15)6-13(16)8(12)2/h5-7,9,15-16H,1-4H3/t7-,9-/m1/s1. The maximum Gasteiger partial charge on any atom is 0.302 e. The summed E-state index contributed by atoms with van der Waals surface area (Å²) in [6, 6.07) is 2.88. The quantitative estimate of drug-likeness (QED) is 0.794. The Balaban J connectivity index is 3.03. The van der Waals surface area contributed by atoms with Crippen LogP contribution in [0.4, 0.5) is 0 Å². The molecule has 0 aliphatic rings. The van der Waals surface area contributed by atoms with E-state index in [4.69, 9.17) is 4.74 Å². The molecule has 0 aromatic heterocycles. The third kappa shape index (κ3) is 3.12. The van der Waals surface area contributed by atoms with Crippen molar-refractivity contribution in [3.05, 3.63) is 23.3 Å². The number of carbonyl (C=O) groups is 1. The molecule has 4 nitrogen and oxygen atoms in total. The highest BCUT2D eigenvalue weighted by molar-refractivity contribution is 5.66. The van der Waals surface area contributed by atoms with Crippen LogP contribution in [0.5, 0.6) is 11.5 Å². The van der Waals surface area contributed by atoms with Crippen molar-refractivity contribution in [2.24, 2.45) is 0 Å². The maximum atomic E-state index is 10.9. The average molecular weight is 238 g/mol. The number of hydrogen-bond acceptors (Lipinski definition) is 4. The monoisotopic (exact) mass is 238 g/mol. The zero-order valence-corrected chi connectivity index (χ0v) is 10.5. The predicted molar refractivity (Wildman–Crippen MR) is 64.2 cm³/mol. The number of esters is 1. The summed E-state index contributed by atoms with van der Waals surface area (Å²) in [5, 5.41) is 19.1. The van der Waals surface area contributed by atoms with Crippen LogP contribution in [0.3, 0.4) is 0 Å². The van der Waals surface area contributed by atoms with Gasteiger partial charge in [0.2, 0.25) is 0 Å². The van der Waals surface area contributed by atoms with Crippen molar-refractivity contribution in [1.82, 2.24) is 0 Å². The van der Waals surface area contributed by atoms with Crippen molar-refractivity contribution < 1.29 is 19.7 Å². The number of hydrogen-bond donors (Lipinski definition) is 2. The molecule has 4 heteroatoms. The fraction of sp³-hybridized carbons (Fsp3) is 0.462. The number of rotatable bonds is 3. The molecule has 0 aliphatic heterocycles. The van der Waals surface area contributed by atoms with Gasteiger partial charge in [0.05, 0.1) is 0 Å². The molecule has 0 bridgehead atoms. The summed E-state index contributed by atoms with van der Waals surface area (Å²) >= 11 is 0. The molecule has 0 fully saturated rings. The highest BCUT2D eigenvalue weighted by Crippen LogP contribution is 2.33. The molecule has 0 spiro atoms. The number of carbonyl (C=O) groups excluding carboxylic acids is 1. The number of ether oxygens (including phenoxy) is 1. The number of benzene rings is 1. The Kier molecular flexibility index (Phi) is 3.99. The molecule has 17 heavy (non-hydrogen) atoms. The lowest BCUT2D eigenvalue weighted by Gasteiger charge is -2.22. The molecule has 0 radical (unpaired) electrons. The van der Waals surface area contributed by atoms with E-state index in [9.17, 15) is 15.0 Å². The topological polar surface area (TPSA) is 66.8 Å². The molecule has 1 rings (SSSR count). The number of phenolic OH excluding ortho intramolecular Hbond substituents is 2. The summed E-state index contributed by atoms with van der Waals surface area (Å²) in [4.78, 5) is 10.9. The van der Waals surface area contributed by atoms with Crippen LogP contribution in [-0.4, -0.2) is 22.3 Å². The zero-order valence-electron chi connectivity index (χ0n) is 10.5. The molecular formula is C13H18O4. The highest BCUT2D eigenvalue weighted by atomic mass is 16.5. The third-order valence-electron chi connectivity index (χ3n) is 2.95. The molecule has 0 aliphatic carbocycles. The van der Waals surface area contributed by atoms with Gasteiger partial charge in [-0.3, -0.25) is 4.79 Å². The van der Waals surface area contributed by atoms with E-state index in [0.29, 0.717) is 5.56 Å². The Bertz CT molecular complexity index is 426. The highest BCUT2D eigenvalue weighted by Gasteiger charge is 2.20. The first kappa shape index (κ1) is 13.4. The largest absolute Gasteiger partial charge is 0.508 e. The van der Waals surface area contributed by atoms with E-state index >= 15 is 0 Å². The van der Waals surface area contributed by atoms with E-state index in [1.165, 1.54) is 13.0 Å². The number of phenols is 2. The Hall–Kier alpha value is -1.71. The van der Waals surface area contributed by atoms with Crippen LogP contribution in [0.25, 0.3) is 0 Å². The van der Waals surface area contributed by atoms with Gasteiger partial charge in [0.1, 0.15) is 17.6 Å². The van der Waals surface area contributed by atoms with E-state index in [-0.39, 0.29) is 29.5 Å². The smallest absolute Gasteiger partial charge is 0.302 e. The van der Waals surface area contributed by atoms with Crippen LogP contribution in [0.2, 0.25) is 0 Å². The van der Waals surface area contributed by atoms with Gasteiger partial charge in [-0.15, -0.1) is 0 Å². The van der Waals surface area contributed by atoms with Crippen molar-refractivity contribution in [2.75, 3.05) is 0 Å². The lowest BCUT2D eigenvalue weighted by atomic mass is 9.91. The summed E-state index contributed by atoms with van der Waals surface area (Å²) in [5.74, 6) is -0.393. The first-order chi connectivity index (χ1) is 7.82. The first-order valence-corrected chi connectivity index (χ1v) is 5.52. The van der Waals surface area contributed by atoms with Crippen LogP contribution >= 0.6 is 0 Å². The summed E-state index contributed by atoms with van der Waals surface area (Å²) in [7, 11) is 0. The summed E-state index contributed by atoms with van der Waals surface area (Å²) in [6.45, 7) is 6.79. The van der Waals surface area contributed by atoms with Crippen LogP contribution in [-0.2, 0) is 9.53 Å². The van der Waals surface area contributed by atoms with E-state index in [2.05, 4.69) is 0 Å². The summed E-state index contributed by atoms with van der Waals surface area (Å²) in [6.07, 6.45) is -0.313. The van der Waals surface area contributed by atoms with E-state index in [1.54, 1.807) is 19.9 Å².